The van der Waals surface area contributed by atoms with Crippen LogP contribution in [0.15, 0.2) is 42.6 Å². The van der Waals surface area contributed by atoms with Crippen molar-refractivity contribution in [3.05, 3.63) is 58.3 Å². The Morgan fingerprint density at radius 1 is 1.16 bits per heavy atom. The molecule has 0 radical (unpaired) electrons. The molecule has 0 atom stereocenters. The van der Waals surface area contributed by atoms with Gasteiger partial charge in [0.25, 0.3) is 0 Å². The van der Waals surface area contributed by atoms with Gasteiger partial charge in [0.2, 0.25) is 5.82 Å². The molecular formula is C17H18N4O4. The standard InChI is InChI=1S/C17H18N4O4/c1-25-17(22)13-11-15(21(23)24)16(18-12-13)20-9-7-19(8-10-20)14-5-3-2-4-6-14/h2-6,11-12H,7-10H2,1H3. The number of esters is 1. The molecule has 0 spiro atoms. The fourth-order valence-electron chi connectivity index (χ4n) is 2.87. The first-order valence-electron chi connectivity index (χ1n) is 7.88. The van der Waals surface area contributed by atoms with Crippen LogP contribution in [-0.4, -0.2) is 49.2 Å². The smallest absolute Gasteiger partial charge is 0.339 e. The van der Waals surface area contributed by atoms with Gasteiger partial charge in [0.15, 0.2) is 0 Å². The zero-order valence-electron chi connectivity index (χ0n) is 13.8. The van der Waals surface area contributed by atoms with Crippen molar-refractivity contribution in [2.45, 2.75) is 0 Å². The monoisotopic (exact) mass is 342 g/mol. The van der Waals surface area contributed by atoms with Gasteiger partial charge in [-0.15, -0.1) is 0 Å². The Balaban J connectivity index is 1.78. The predicted octanol–water partition coefficient (Wildman–Crippen LogP) is 2.10. The highest BCUT2D eigenvalue weighted by Crippen LogP contribution is 2.28. The molecule has 0 saturated carbocycles. The third kappa shape index (κ3) is 3.52. The molecule has 0 N–H and O–H groups in total. The number of carbonyl (C=O) groups excluding carboxylic acids is 1. The first-order valence-corrected chi connectivity index (χ1v) is 7.88. The molecule has 1 aliphatic heterocycles. The molecule has 8 heteroatoms. The van der Waals surface area contributed by atoms with E-state index in [1.165, 1.54) is 19.4 Å². The highest BCUT2D eigenvalue weighted by molar-refractivity contribution is 5.90. The van der Waals surface area contributed by atoms with Crippen LogP contribution < -0.4 is 9.80 Å². The Kier molecular flexibility index (Phi) is 4.78. The molecule has 0 amide bonds. The van der Waals surface area contributed by atoms with Crippen molar-refractivity contribution >= 4 is 23.2 Å². The van der Waals surface area contributed by atoms with E-state index < -0.39 is 10.9 Å². The van der Waals surface area contributed by atoms with Gasteiger partial charge >= 0.3 is 11.7 Å². The van der Waals surface area contributed by atoms with Crippen LogP contribution in [0.4, 0.5) is 17.2 Å². The Labute approximate surface area is 144 Å². The summed E-state index contributed by atoms with van der Waals surface area (Å²) in [4.78, 5) is 30.7. The zero-order chi connectivity index (χ0) is 17.8. The van der Waals surface area contributed by atoms with Gasteiger partial charge in [-0.05, 0) is 12.1 Å². The van der Waals surface area contributed by atoms with E-state index in [0.717, 1.165) is 18.8 Å². The molecule has 1 aliphatic rings. The van der Waals surface area contributed by atoms with Crippen LogP contribution in [0, 0.1) is 10.1 Å². The largest absolute Gasteiger partial charge is 0.465 e. The molecule has 3 rings (SSSR count). The van der Waals surface area contributed by atoms with Crippen molar-refractivity contribution in [2.75, 3.05) is 43.1 Å². The van der Waals surface area contributed by atoms with Crippen LogP contribution in [0.5, 0.6) is 0 Å². The number of aromatic nitrogens is 1. The number of anilines is 2. The van der Waals surface area contributed by atoms with Gasteiger partial charge in [-0.3, -0.25) is 10.1 Å². The number of nitro groups is 1. The lowest BCUT2D eigenvalue weighted by Crippen LogP contribution is -2.47. The summed E-state index contributed by atoms with van der Waals surface area (Å²) in [7, 11) is 1.23. The number of ether oxygens (including phenoxy) is 1. The topological polar surface area (TPSA) is 88.8 Å². The Morgan fingerprint density at radius 3 is 2.40 bits per heavy atom. The number of piperazine rings is 1. The number of pyridine rings is 1. The Bertz CT molecular complexity index is 773. The quantitative estimate of drug-likeness (QED) is 0.477. The van der Waals surface area contributed by atoms with E-state index >= 15 is 0 Å². The van der Waals surface area contributed by atoms with E-state index in [1.54, 1.807) is 0 Å². The molecule has 1 saturated heterocycles. The number of para-hydroxylation sites is 1. The predicted molar refractivity (Wildman–Crippen MR) is 93.1 cm³/mol. The molecule has 25 heavy (non-hydrogen) atoms. The van der Waals surface area contributed by atoms with E-state index in [2.05, 4.69) is 14.6 Å². The molecule has 0 unspecified atom stereocenters. The summed E-state index contributed by atoms with van der Waals surface area (Å²) >= 11 is 0. The number of carbonyl (C=O) groups is 1. The van der Waals surface area contributed by atoms with E-state index in [9.17, 15) is 14.9 Å². The molecule has 1 aromatic carbocycles. The highest BCUT2D eigenvalue weighted by atomic mass is 16.6. The number of hydrogen-bond donors (Lipinski definition) is 0. The average Bonchev–Trinajstić information content (AvgIpc) is 2.67. The van der Waals surface area contributed by atoms with E-state index in [0.29, 0.717) is 13.1 Å². The molecule has 8 nitrogen and oxygen atoms in total. The first kappa shape index (κ1) is 16.7. The molecule has 0 bridgehead atoms. The van der Waals surface area contributed by atoms with Crippen molar-refractivity contribution in [2.24, 2.45) is 0 Å². The van der Waals surface area contributed by atoms with Crippen LogP contribution >= 0.6 is 0 Å². The third-order valence-electron chi connectivity index (χ3n) is 4.17. The summed E-state index contributed by atoms with van der Waals surface area (Å²) in [6.45, 7) is 2.70. The summed E-state index contributed by atoms with van der Waals surface area (Å²) in [5, 5.41) is 11.4. The van der Waals surface area contributed by atoms with Gasteiger partial charge in [-0.1, -0.05) is 18.2 Å². The van der Waals surface area contributed by atoms with Crippen molar-refractivity contribution in [1.82, 2.24) is 4.98 Å². The van der Waals surface area contributed by atoms with E-state index in [-0.39, 0.29) is 17.1 Å². The molecule has 0 aliphatic carbocycles. The second-order valence-corrected chi connectivity index (χ2v) is 5.63. The lowest BCUT2D eigenvalue weighted by atomic mass is 10.2. The molecule has 1 fully saturated rings. The van der Waals surface area contributed by atoms with Crippen LogP contribution in [0.3, 0.4) is 0 Å². The van der Waals surface area contributed by atoms with E-state index in [4.69, 9.17) is 0 Å². The second kappa shape index (κ2) is 7.16. The SMILES string of the molecule is COC(=O)c1cnc(N2CCN(c3ccccc3)CC2)c([N+](=O)[O-])c1. The molecular weight excluding hydrogens is 324 g/mol. The zero-order valence-corrected chi connectivity index (χ0v) is 13.8. The third-order valence-corrected chi connectivity index (χ3v) is 4.17. The number of rotatable bonds is 4. The lowest BCUT2D eigenvalue weighted by molar-refractivity contribution is -0.384. The fourth-order valence-corrected chi connectivity index (χ4v) is 2.87. The Hall–Kier alpha value is -3.16. The summed E-state index contributed by atoms with van der Waals surface area (Å²) < 4.78 is 4.60. The molecule has 1 aromatic heterocycles. The second-order valence-electron chi connectivity index (χ2n) is 5.63. The highest BCUT2D eigenvalue weighted by Gasteiger charge is 2.26. The first-order chi connectivity index (χ1) is 12.1. The molecule has 2 heterocycles. The minimum atomic E-state index is -0.643. The Morgan fingerprint density at radius 2 is 1.80 bits per heavy atom. The van der Waals surface area contributed by atoms with Crippen LogP contribution in [0.1, 0.15) is 10.4 Å². The van der Waals surface area contributed by atoms with Gasteiger partial charge in [-0.2, -0.15) is 0 Å². The molecule has 130 valence electrons. The normalized spacial score (nSPS) is 14.3. The van der Waals surface area contributed by atoms with Gasteiger partial charge < -0.3 is 14.5 Å². The fraction of sp³-hybridized carbons (Fsp3) is 0.294. The molecule has 2 aromatic rings. The van der Waals surface area contributed by atoms with Crippen LogP contribution in [0.25, 0.3) is 0 Å². The van der Waals surface area contributed by atoms with Crippen molar-refractivity contribution in [3.63, 3.8) is 0 Å². The maximum Gasteiger partial charge on any atom is 0.339 e. The van der Waals surface area contributed by atoms with Gasteiger partial charge in [0, 0.05) is 44.1 Å². The summed E-state index contributed by atoms with van der Waals surface area (Å²) in [5.74, 6) is -0.360. The minimum Gasteiger partial charge on any atom is -0.465 e. The summed E-state index contributed by atoms with van der Waals surface area (Å²) in [5.41, 5.74) is 1.02. The van der Waals surface area contributed by atoms with Crippen molar-refractivity contribution in [1.29, 1.82) is 0 Å². The lowest BCUT2D eigenvalue weighted by Gasteiger charge is -2.36. The number of methoxy groups -OCH3 is 1. The number of hydrogen-bond acceptors (Lipinski definition) is 7. The van der Waals surface area contributed by atoms with Gasteiger partial charge in [-0.25, -0.2) is 9.78 Å². The number of nitrogens with zero attached hydrogens (tertiary/aromatic N) is 4. The van der Waals surface area contributed by atoms with Crippen LogP contribution in [-0.2, 0) is 4.74 Å². The van der Waals surface area contributed by atoms with E-state index in [1.807, 2.05) is 35.2 Å². The van der Waals surface area contributed by atoms with Gasteiger partial charge in [0.05, 0.1) is 17.6 Å². The van der Waals surface area contributed by atoms with Crippen molar-refractivity contribution in [3.8, 4) is 0 Å². The average molecular weight is 342 g/mol. The summed E-state index contributed by atoms with van der Waals surface area (Å²) in [6.07, 6.45) is 1.32. The van der Waals surface area contributed by atoms with Gasteiger partial charge in [0.1, 0.15) is 0 Å². The van der Waals surface area contributed by atoms with Crippen LogP contribution in [0.2, 0.25) is 0 Å². The maximum atomic E-state index is 11.6. The maximum absolute atomic E-state index is 11.6. The van der Waals surface area contributed by atoms with Crippen molar-refractivity contribution < 1.29 is 14.5 Å². The summed E-state index contributed by atoms with van der Waals surface area (Å²) in [6, 6.07) is 11.2. The minimum absolute atomic E-state index is 0.0703. The number of benzene rings is 1.